The van der Waals surface area contributed by atoms with Gasteiger partial charge in [0.25, 0.3) is 0 Å². The molecule has 4 aliphatic rings. The number of fused-ring (bicyclic) bond motifs is 5. The van der Waals surface area contributed by atoms with Gasteiger partial charge in [-0.1, -0.05) is 20.8 Å². The third kappa shape index (κ3) is 3.37. The molecule has 0 bridgehead atoms. The van der Waals surface area contributed by atoms with Gasteiger partial charge in [0.2, 0.25) is 0 Å². The lowest BCUT2D eigenvalue weighted by molar-refractivity contribution is -0.169. The number of nitrogens with two attached hydrogens (primary N) is 1. The fourth-order valence-corrected chi connectivity index (χ4v) is 8.86. The fraction of sp³-hybridized carbons (Fsp3) is 0.960. The molecule has 29 heavy (non-hydrogen) atoms. The summed E-state index contributed by atoms with van der Waals surface area (Å²) in [6, 6.07) is 0.384. The second kappa shape index (κ2) is 7.82. The van der Waals surface area contributed by atoms with Crippen molar-refractivity contribution in [3.8, 4) is 0 Å². The van der Waals surface area contributed by atoms with Crippen LogP contribution >= 0.6 is 0 Å². The molecule has 3 N–H and O–H groups in total. The van der Waals surface area contributed by atoms with Crippen LogP contribution in [0.5, 0.6) is 0 Å². The number of carbonyl (C=O) groups excluding carboxylic acids is 1. The number of ether oxygens (including phenoxy) is 1. The van der Waals surface area contributed by atoms with E-state index in [1.54, 1.807) is 0 Å². The number of rotatable bonds is 4. The summed E-state index contributed by atoms with van der Waals surface area (Å²) in [5.41, 5.74) is 6.71. The van der Waals surface area contributed by atoms with Crippen LogP contribution < -0.4 is 5.73 Å². The van der Waals surface area contributed by atoms with E-state index in [0.29, 0.717) is 41.5 Å². The Morgan fingerprint density at radius 1 is 1.14 bits per heavy atom. The number of esters is 1. The van der Waals surface area contributed by atoms with Gasteiger partial charge in [-0.25, -0.2) is 0 Å². The molecule has 0 saturated heterocycles. The highest BCUT2D eigenvalue weighted by Crippen LogP contribution is 2.68. The van der Waals surface area contributed by atoms with Crippen LogP contribution in [0, 0.1) is 46.3 Å². The SMILES string of the molecule is COC(=O)CCC(C)[C@H]1CCC2C3CCC4CC(N)CC[C@]4(C)C3C[C@H](O)C21C. The fourth-order valence-electron chi connectivity index (χ4n) is 8.86. The molecule has 4 saturated carbocycles. The van der Waals surface area contributed by atoms with E-state index in [-0.39, 0.29) is 17.5 Å². The van der Waals surface area contributed by atoms with Crippen molar-refractivity contribution in [1.29, 1.82) is 0 Å². The molecule has 0 heterocycles. The average molecular weight is 406 g/mol. The molecular weight excluding hydrogens is 362 g/mol. The molecule has 4 aliphatic carbocycles. The van der Waals surface area contributed by atoms with Crippen molar-refractivity contribution in [2.24, 2.45) is 52.1 Å². The van der Waals surface area contributed by atoms with Crippen molar-refractivity contribution >= 4 is 5.97 Å². The molecular formula is C25H43NO3. The Morgan fingerprint density at radius 2 is 1.90 bits per heavy atom. The normalized spacial score (nSPS) is 50.2. The molecule has 0 amide bonds. The van der Waals surface area contributed by atoms with E-state index in [0.717, 1.165) is 31.1 Å². The van der Waals surface area contributed by atoms with Crippen LogP contribution in [0.3, 0.4) is 0 Å². The summed E-state index contributed by atoms with van der Waals surface area (Å²) in [6.07, 6.45) is 10.8. The van der Waals surface area contributed by atoms with Crippen molar-refractivity contribution in [2.45, 2.75) is 97.1 Å². The van der Waals surface area contributed by atoms with Crippen LogP contribution in [0.4, 0.5) is 0 Å². The monoisotopic (exact) mass is 405 g/mol. The summed E-state index contributed by atoms with van der Waals surface area (Å²) in [5.74, 6) is 3.66. The number of methoxy groups -OCH3 is 1. The zero-order valence-electron chi connectivity index (χ0n) is 19.0. The second-order valence-electron chi connectivity index (χ2n) is 11.6. The molecule has 0 aromatic rings. The summed E-state index contributed by atoms with van der Waals surface area (Å²) >= 11 is 0. The highest BCUT2D eigenvalue weighted by atomic mass is 16.5. The molecule has 10 atom stereocenters. The van der Waals surface area contributed by atoms with Crippen molar-refractivity contribution in [3.63, 3.8) is 0 Å². The van der Waals surface area contributed by atoms with Crippen molar-refractivity contribution in [2.75, 3.05) is 7.11 Å². The first-order valence-corrected chi connectivity index (χ1v) is 12.2. The average Bonchev–Trinajstić information content (AvgIpc) is 3.06. The van der Waals surface area contributed by atoms with Crippen molar-refractivity contribution in [3.05, 3.63) is 0 Å². The highest BCUT2D eigenvalue weighted by Gasteiger charge is 2.63. The van der Waals surface area contributed by atoms with E-state index in [4.69, 9.17) is 10.5 Å². The first-order valence-electron chi connectivity index (χ1n) is 12.2. The van der Waals surface area contributed by atoms with E-state index in [2.05, 4.69) is 20.8 Å². The molecule has 0 aromatic heterocycles. The maximum absolute atomic E-state index is 11.7. The van der Waals surface area contributed by atoms with E-state index in [9.17, 15) is 9.90 Å². The lowest BCUT2D eigenvalue weighted by atomic mass is 9.43. The van der Waals surface area contributed by atoms with Gasteiger partial charge in [-0.3, -0.25) is 4.79 Å². The molecule has 0 aromatic carbocycles. The molecule has 166 valence electrons. The smallest absolute Gasteiger partial charge is 0.305 e. The Labute approximate surface area is 177 Å². The number of carbonyl (C=O) groups is 1. The quantitative estimate of drug-likeness (QED) is 0.674. The minimum Gasteiger partial charge on any atom is -0.469 e. The number of hydrogen-bond donors (Lipinski definition) is 2. The molecule has 0 spiro atoms. The molecule has 0 aliphatic heterocycles. The summed E-state index contributed by atoms with van der Waals surface area (Å²) in [6.45, 7) is 7.21. The Bertz CT molecular complexity index is 623. The van der Waals surface area contributed by atoms with Crippen LogP contribution in [-0.2, 0) is 9.53 Å². The Morgan fingerprint density at radius 3 is 2.62 bits per heavy atom. The van der Waals surface area contributed by atoms with Gasteiger partial charge in [-0.15, -0.1) is 0 Å². The standard InChI is InChI=1S/C25H43NO3/c1-15(5-10-23(28)29-4)19-8-9-20-18-7-6-16-13-17(26)11-12-24(16,2)21(18)14-22(27)25(19,20)3/h15-22,27H,5-14,26H2,1-4H3/t15?,16?,17?,18?,19-,20?,21?,22+,24+,25?/m1/s1. The topological polar surface area (TPSA) is 72.5 Å². The van der Waals surface area contributed by atoms with Gasteiger partial charge >= 0.3 is 5.97 Å². The largest absolute Gasteiger partial charge is 0.469 e. The zero-order chi connectivity index (χ0) is 21.0. The maximum atomic E-state index is 11.7. The van der Waals surface area contributed by atoms with E-state index in [1.807, 2.05) is 0 Å². The Hall–Kier alpha value is -0.610. The lowest BCUT2D eigenvalue weighted by Crippen LogP contribution is -2.59. The second-order valence-corrected chi connectivity index (χ2v) is 11.6. The Kier molecular flexibility index (Phi) is 5.83. The molecule has 4 heteroatoms. The summed E-state index contributed by atoms with van der Waals surface area (Å²) in [7, 11) is 1.47. The van der Waals surface area contributed by atoms with Crippen molar-refractivity contribution in [1.82, 2.24) is 0 Å². The molecule has 4 nitrogen and oxygen atoms in total. The molecule has 7 unspecified atom stereocenters. The van der Waals surface area contributed by atoms with E-state index >= 15 is 0 Å². The summed E-state index contributed by atoms with van der Waals surface area (Å²) in [4.78, 5) is 11.7. The van der Waals surface area contributed by atoms with Gasteiger partial charge in [0, 0.05) is 12.5 Å². The van der Waals surface area contributed by atoms with Crippen LogP contribution in [0.25, 0.3) is 0 Å². The first-order chi connectivity index (χ1) is 13.7. The zero-order valence-corrected chi connectivity index (χ0v) is 19.0. The van der Waals surface area contributed by atoms with Gasteiger partial charge in [-0.05, 0) is 104 Å². The summed E-state index contributed by atoms with van der Waals surface area (Å²) < 4.78 is 4.86. The summed E-state index contributed by atoms with van der Waals surface area (Å²) in [5, 5.41) is 11.6. The van der Waals surface area contributed by atoms with Gasteiger partial charge in [-0.2, -0.15) is 0 Å². The lowest BCUT2D eigenvalue weighted by Gasteiger charge is -2.62. The predicted octanol–water partition coefficient (Wildman–Crippen LogP) is 4.53. The van der Waals surface area contributed by atoms with E-state index in [1.165, 1.54) is 45.6 Å². The number of aliphatic hydroxyl groups is 1. The molecule has 0 radical (unpaired) electrons. The minimum absolute atomic E-state index is 0.00493. The minimum atomic E-state index is -0.215. The van der Waals surface area contributed by atoms with E-state index < -0.39 is 0 Å². The van der Waals surface area contributed by atoms with Gasteiger partial charge in [0.15, 0.2) is 0 Å². The van der Waals surface area contributed by atoms with Crippen LogP contribution in [0.1, 0.15) is 85.0 Å². The highest BCUT2D eigenvalue weighted by molar-refractivity contribution is 5.69. The van der Waals surface area contributed by atoms with Crippen LogP contribution in [0.2, 0.25) is 0 Å². The van der Waals surface area contributed by atoms with Crippen LogP contribution in [-0.4, -0.2) is 30.3 Å². The van der Waals surface area contributed by atoms with Gasteiger partial charge in [0.1, 0.15) is 0 Å². The van der Waals surface area contributed by atoms with Crippen molar-refractivity contribution < 1.29 is 14.6 Å². The van der Waals surface area contributed by atoms with Gasteiger partial charge < -0.3 is 15.6 Å². The Balaban J connectivity index is 1.53. The predicted molar refractivity (Wildman–Crippen MR) is 115 cm³/mol. The third-order valence-corrected chi connectivity index (χ3v) is 10.6. The first kappa shape index (κ1) is 21.6. The maximum Gasteiger partial charge on any atom is 0.305 e. The van der Waals surface area contributed by atoms with Gasteiger partial charge in [0.05, 0.1) is 13.2 Å². The third-order valence-electron chi connectivity index (χ3n) is 10.6. The molecule has 4 rings (SSSR count). The van der Waals surface area contributed by atoms with Crippen LogP contribution in [0.15, 0.2) is 0 Å². The molecule has 4 fully saturated rings. The number of aliphatic hydroxyl groups excluding tert-OH is 1. The number of hydrogen-bond acceptors (Lipinski definition) is 4.